The highest BCUT2D eigenvalue weighted by Gasteiger charge is 2.37. The molecule has 0 aromatic heterocycles. The maximum Gasteiger partial charge on any atom is 0.311 e. The van der Waals surface area contributed by atoms with Crippen LogP contribution >= 0.6 is 0 Å². The monoisotopic (exact) mass is 237 g/mol. The summed E-state index contributed by atoms with van der Waals surface area (Å²) in [7, 11) is 0. The Morgan fingerprint density at radius 1 is 1.41 bits per heavy atom. The van der Waals surface area contributed by atoms with Crippen molar-refractivity contribution in [2.24, 2.45) is 5.41 Å². The van der Waals surface area contributed by atoms with Gasteiger partial charge < -0.3 is 10.0 Å². The number of rotatable bonds is 2. The van der Waals surface area contributed by atoms with E-state index in [1.54, 1.807) is 19.1 Å². The van der Waals surface area contributed by atoms with Gasteiger partial charge in [0.25, 0.3) is 0 Å². The van der Waals surface area contributed by atoms with Gasteiger partial charge in [-0.3, -0.25) is 4.79 Å². The molecule has 1 aliphatic rings. The lowest BCUT2D eigenvalue weighted by Gasteiger charge is -2.38. The summed E-state index contributed by atoms with van der Waals surface area (Å²) in [6, 6.07) is 6.20. The molecule has 1 heterocycles. The lowest BCUT2D eigenvalue weighted by molar-refractivity contribution is -0.148. The van der Waals surface area contributed by atoms with Crippen molar-refractivity contribution in [3.63, 3.8) is 0 Å². The number of benzene rings is 1. The van der Waals surface area contributed by atoms with Crippen LogP contribution in [-0.4, -0.2) is 24.2 Å². The van der Waals surface area contributed by atoms with Crippen molar-refractivity contribution in [3.8, 4) is 0 Å². The van der Waals surface area contributed by atoms with Gasteiger partial charge in [0.1, 0.15) is 5.82 Å². The zero-order valence-electron chi connectivity index (χ0n) is 9.82. The zero-order chi connectivity index (χ0) is 12.5. The van der Waals surface area contributed by atoms with E-state index in [1.165, 1.54) is 12.1 Å². The minimum absolute atomic E-state index is 0.272. The summed E-state index contributed by atoms with van der Waals surface area (Å²) in [6.07, 6.45) is 1.54. The van der Waals surface area contributed by atoms with Crippen LogP contribution in [0.2, 0.25) is 0 Å². The highest BCUT2D eigenvalue weighted by Crippen LogP contribution is 2.32. The predicted molar refractivity (Wildman–Crippen MR) is 63.6 cm³/mol. The van der Waals surface area contributed by atoms with Crippen LogP contribution in [0.15, 0.2) is 24.3 Å². The first-order valence-corrected chi connectivity index (χ1v) is 5.75. The molecule has 1 aromatic rings. The number of anilines is 1. The molecular formula is C13H16FNO2. The van der Waals surface area contributed by atoms with Crippen molar-refractivity contribution in [1.29, 1.82) is 0 Å². The maximum atomic E-state index is 12.8. The number of nitrogens with zero attached hydrogens (tertiary/aromatic N) is 1. The van der Waals surface area contributed by atoms with Gasteiger partial charge >= 0.3 is 5.97 Å². The zero-order valence-corrected chi connectivity index (χ0v) is 9.82. The van der Waals surface area contributed by atoms with E-state index in [-0.39, 0.29) is 5.82 Å². The Kier molecular flexibility index (Phi) is 3.05. The van der Waals surface area contributed by atoms with Crippen LogP contribution in [-0.2, 0) is 4.79 Å². The van der Waals surface area contributed by atoms with Gasteiger partial charge in [-0.25, -0.2) is 4.39 Å². The van der Waals surface area contributed by atoms with Gasteiger partial charge in [0, 0.05) is 18.8 Å². The molecule has 0 bridgehead atoms. The van der Waals surface area contributed by atoms with Crippen LogP contribution in [0.4, 0.5) is 10.1 Å². The fourth-order valence-electron chi connectivity index (χ4n) is 2.29. The molecule has 1 atom stereocenters. The Morgan fingerprint density at radius 3 is 2.65 bits per heavy atom. The summed E-state index contributed by atoms with van der Waals surface area (Å²) in [4.78, 5) is 13.2. The second-order valence-corrected chi connectivity index (χ2v) is 4.87. The average Bonchev–Trinajstić information content (AvgIpc) is 2.30. The highest BCUT2D eigenvalue weighted by molar-refractivity contribution is 5.75. The Bertz CT molecular complexity index is 418. The van der Waals surface area contributed by atoms with Gasteiger partial charge in [-0.2, -0.15) is 0 Å². The van der Waals surface area contributed by atoms with Crippen molar-refractivity contribution in [1.82, 2.24) is 0 Å². The van der Waals surface area contributed by atoms with E-state index in [1.807, 2.05) is 4.90 Å². The third-order valence-electron chi connectivity index (χ3n) is 3.40. The Hall–Kier alpha value is -1.58. The normalized spacial score (nSPS) is 24.7. The number of halogens is 1. The Labute approximate surface area is 99.9 Å². The smallest absolute Gasteiger partial charge is 0.311 e. The molecule has 3 nitrogen and oxygen atoms in total. The fourth-order valence-corrected chi connectivity index (χ4v) is 2.29. The van der Waals surface area contributed by atoms with E-state index in [9.17, 15) is 14.3 Å². The lowest BCUT2D eigenvalue weighted by atomic mass is 9.82. The van der Waals surface area contributed by atoms with Gasteiger partial charge in [0.2, 0.25) is 0 Å². The molecule has 17 heavy (non-hydrogen) atoms. The first-order valence-electron chi connectivity index (χ1n) is 5.75. The third kappa shape index (κ3) is 2.40. The molecule has 2 rings (SSSR count). The molecule has 0 aliphatic carbocycles. The van der Waals surface area contributed by atoms with E-state index in [4.69, 9.17) is 0 Å². The molecular weight excluding hydrogens is 221 g/mol. The number of carboxylic acids is 1. The Morgan fingerprint density at radius 2 is 2.06 bits per heavy atom. The van der Waals surface area contributed by atoms with Gasteiger partial charge in [0.05, 0.1) is 5.41 Å². The molecule has 0 radical (unpaired) electrons. The van der Waals surface area contributed by atoms with Gasteiger partial charge in [-0.15, -0.1) is 0 Å². The van der Waals surface area contributed by atoms with Crippen LogP contribution in [0.1, 0.15) is 19.8 Å². The predicted octanol–water partition coefficient (Wildman–Crippen LogP) is 2.52. The van der Waals surface area contributed by atoms with E-state index < -0.39 is 11.4 Å². The first kappa shape index (κ1) is 11.9. The summed E-state index contributed by atoms with van der Waals surface area (Å²) in [6.45, 7) is 3.08. The van der Waals surface area contributed by atoms with Crippen LogP contribution in [0.5, 0.6) is 0 Å². The average molecular weight is 237 g/mol. The summed E-state index contributed by atoms with van der Waals surface area (Å²) in [5, 5.41) is 9.22. The van der Waals surface area contributed by atoms with E-state index in [2.05, 4.69) is 0 Å². The number of hydrogen-bond acceptors (Lipinski definition) is 2. The van der Waals surface area contributed by atoms with E-state index in [0.29, 0.717) is 13.0 Å². The second kappa shape index (κ2) is 4.35. The molecule has 1 fully saturated rings. The minimum Gasteiger partial charge on any atom is -0.481 e. The van der Waals surface area contributed by atoms with Gasteiger partial charge in [-0.1, -0.05) is 0 Å². The number of piperidine rings is 1. The molecule has 1 aliphatic heterocycles. The molecule has 4 heteroatoms. The summed E-state index contributed by atoms with van der Waals surface area (Å²) >= 11 is 0. The van der Waals surface area contributed by atoms with Gasteiger partial charge in [-0.05, 0) is 44.0 Å². The molecule has 1 aromatic carbocycles. The molecule has 1 N–H and O–H groups in total. The van der Waals surface area contributed by atoms with E-state index in [0.717, 1.165) is 18.7 Å². The van der Waals surface area contributed by atoms with Crippen LogP contribution in [0.3, 0.4) is 0 Å². The highest BCUT2D eigenvalue weighted by atomic mass is 19.1. The van der Waals surface area contributed by atoms with Crippen LogP contribution in [0.25, 0.3) is 0 Å². The van der Waals surface area contributed by atoms with Crippen molar-refractivity contribution in [2.75, 3.05) is 18.0 Å². The number of aliphatic carboxylic acids is 1. The van der Waals surface area contributed by atoms with Crippen molar-refractivity contribution < 1.29 is 14.3 Å². The minimum atomic E-state index is -0.760. The molecule has 0 spiro atoms. The lowest BCUT2D eigenvalue weighted by Crippen LogP contribution is -2.46. The third-order valence-corrected chi connectivity index (χ3v) is 3.40. The summed E-state index contributed by atoms with van der Waals surface area (Å²) < 4.78 is 12.8. The van der Waals surface area contributed by atoms with Crippen molar-refractivity contribution in [2.45, 2.75) is 19.8 Å². The fraction of sp³-hybridized carbons (Fsp3) is 0.462. The van der Waals surface area contributed by atoms with Crippen LogP contribution in [0, 0.1) is 11.2 Å². The van der Waals surface area contributed by atoms with E-state index >= 15 is 0 Å². The Balaban J connectivity index is 2.17. The molecule has 1 saturated heterocycles. The number of hydrogen-bond donors (Lipinski definition) is 1. The maximum absolute atomic E-state index is 12.8. The number of carboxylic acid groups (broad SMARTS) is 1. The standard InChI is InChI=1S/C13H16FNO2/c1-13(12(16)17)7-2-8-15(9-13)11-5-3-10(14)4-6-11/h3-6H,2,7-9H2,1H3,(H,16,17). The van der Waals surface area contributed by atoms with Crippen molar-refractivity contribution in [3.05, 3.63) is 30.1 Å². The molecule has 0 amide bonds. The topological polar surface area (TPSA) is 40.5 Å². The molecule has 1 unspecified atom stereocenters. The SMILES string of the molecule is CC1(C(=O)O)CCCN(c2ccc(F)cc2)C1. The largest absolute Gasteiger partial charge is 0.481 e. The quantitative estimate of drug-likeness (QED) is 0.859. The molecule has 0 saturated carbocycles. The van der Waals surface area contributed by atoms with Gasteiger partial charge in [0.15, 0.2) is 0 Å². The molecule has 92 valence electrons. The first-order chi connectivity index (χ1) is 8.01. The second-order valence-electron chi connectivity index (χ2n) is 4.87. The summed E-state index contributed by atoms with van der Waals surface area (Å²) in [5.74, 6) is -1.03. The number of carbonyl (C=O) groups is 1. The van der Waals surface area contributed by atoms with Crippen molar-refractivity contribution >= 4 is 11.7 Å². The van der Waals surface area contributed by atoms with Crippen LogP contribution < -0.4 is 4.90 Å². The summed E-state index contributed by atoms with van der Waals surface area (Å²) in [5.41, 5.74) is 0.186.